The minimum absolute atomic E-state index is 0.0467. The van der Waals surface area contributed by atoms with E-state index in [2.05, 4.69) is 5.32 Å². The van der Waals surface area contributed by atoms with Gasteiger partial charge in [0.15, 0.2) is 0 Å². The Morgan fingerprint density at radius 3 is 2.52 bits per heavy atom. The number of halogens is 1. The lowest BCUT2D eigenvalue weighted by Crippen LogP contribution is -2.42. The van der Waals surface area contributed by atoms with Crippen LogP contribution >= 0.6 is 11.3 Å². The second-order valence-corrected chi connectivity index (χ2v) is 9.68. The monoisotopic (exact) mass is 469 g/mol. The van der Waals surface area contributed by atoms with Crippen LogP contribution in [0.3, 0.4) is 0 Å². The van der Waals surface area contributed by atoms with Gasteiger partial charge in [-0.2, -0.15) is 4.31 Å². The molecule has 31 heavy (non-hydrogen) atoms. The van der Waals surface area contributed by atoms with Crippen LogP contribution in [0.15, 0.2) is 40.6 Å². The molecule has 0 unspecified atom stereocenters. The molecule has 0 aliphatic carbocycles. The van der Waals surface area contributed by atoms with E-state index in [-0.39, 0.29) is 48.3 Å². The molecule has 8 nitrogen and oxygen atoms in total. The Morgan fingerprint density at radius 2 is 1.87 bits per heavy atom. The van der Waals surface area contributed by atoms with E-state index in [0.717, 1.165) is 16.9 Å². The molecule has 1 aromatic heterocycles. The SMILES string of the molecule is CCN(CC(=O)NCc1ccc(F)cc1)C(=O)c1sccc1S(=O)(=O)N1CCOCC1. The fraction of sp³-hybridized carbons (Fsp3) is 0.400. The Hall–Kier alpha value is -2.34. The third-order valence-electron chi connectivity index (χ3n) is 4.82. The summed E-state index contributed by atoms with van der Waals surface area (Å²) < 4.78 is 45.5. The molecule has 1 fully saturated rings. The van der Waals surface area contributed by atoms with Gasteiger partial charge in [-0.3, -0.25) is 9.59 Å². The molecule has 11 heteroatoms. The Kier molecular flexibility index (Phi) is 7.76. The number of rotatable bonds is 8. The van der Waals surface area contributed by atoms with Gasteiger partial charge in [0.2, 0.25) is 15.9 Å². The van der Waals surface area contributed by atoms with Crippen LogP contribution in [0.2, 0.25) is 0 Å². The lowest BCUT2D eigenvalue weighted by atomic mass is 10.2. The van der Waals surface area contributed by atoms with Crippen molar-refractivity contribution >= 4 is 33.2 Å². The van der Waals surface area contributed by atoms with Crippen LogP contribution in [0.25, 0.3) is 0 Å². The zero-order valence-electron chi connectivity index (χ0n) is 17.0. The predicted octanol–water partition coefficient (Wildman–Crippen LogP) is 1.69. The lowest BCUT2D eigenvalue weighted by molar-refractivity contribution is -0.121. The second-order valence-electron chi connectivity index (χ2n) is 6.85. The van der Waals surface area contributed by atoms with Crippen molar-refractivity contribution in [3.8, 4) is 0 Å². The van der Waals surface area contributed by atoms with E-state index in [1.165, 1.54) is 27.4 Å². The molecule has 0 radical (unpaired) electrons. The maximum Gasteiger partial charge on any atom is 0.265 e. The minimum Gasteiger partial charge on any atom is -0.379 e. The lowest BCUT2D eigenvalue weighted by Gasteiger charge is -2.26. The van der Waals surface area contributed by atoms with Crippen LogP contribution in [-0.2, 0) is 26.1 Å². The molecule has 0 spiro atoms. The van der Waals surface area contributed by atoms with Gasteiger partial charge in [-0.25, -0.2) is 12.8 Å². The van der Waals surface area contributed by atoms with Crippen molar-refractivity contribution in [2.24, 2.45) is 0 Å². The third kappa shape index (κ3) is 5.67. The second kappa shape index (κ2) is 10.3. The van der Waals surface area contributed by atoms with Crippen molar-refractivity contribution in [3.05, 3.63) is 52.0 Å². The highest BCUT2D eigenvalue weighted by Gasteiger charge is 2.32. The highest BCUT2D eigenvalue weighted by molar-refractivity contribution is 7.89. The Bertz CT molecular complexity index is 1020. The molecule has 2 heterocycles. The molecular formula is C20H24FN3O5S2. The summed E-state index contributed by atoms with van der Waals surface area (Å²) in [5.41, 5.74) is 0.723. The number of nitrogens with zero attached hydrogens (tertiary/aromatic N) is 2. The van der Waals surface area contributed by atoms with Gasteiger partial charge >= 0.3 is 0 Å². The standard InChI is InChI=1S/C20H24FN3O5S2/c1-2-23(14-18(25)22-13-15-3-5-16(21)6-4-15)20(26)19-17(7-12-30-19)31(27,28)24-8-10-29-11-9-24/h3-7,12H,2,8-11,13-14H2,1H3,(H,22,25). The van der Waals surface area contributed by atoms with E-state index < -0.39 is 21.8 Å². The molecule has 3 rings (SSSR count). The highest BCUT2D eigenvalue weighted by Crippen LogP contribution is 2.27. The summed E-state index contributed by atoms with van der Waals surface area (Å²) >= 11 is 1.04. The van der Waals surface area contributed by atoms with Gasteiger partial charge in [0.05, 0.1) is 19.8 Å². The number of nitrogens with one attached hydrogen (secondary N) is 1. The van der Waals surface area contributed by atoms with Crippen LogP contribution in [0, 0.1) is 5.82 Å². The molecule has 1 aromatic carbocycles. The first-order valence-electron chi connectivity index (χ1n) is 9.78. The molecule has 1 aliphatic rings. The molecule has 1 N–H and O–H groups in total. The zero-order valence-corrected chi connectivity index (χ0v) is 18.7. The van der Waals surface area contributed by atoms with Crippen molar-refractivity contribution < 1.29 is 27.1 Å². The van der Waals surface area contributed by atoms with Gasteiger partial charge in [0.25, 0.3) is 5.91 Å². The number of morpholine rings is 1. The van der Waals surface area contributed by atoms with Crippen molar-refractivity contribution in [1.82, 2.24) is 14.5 Å². The quantitative estimate of drug-likeness (QED) is 0.635. The molecule has 0 bridgehead atoms. The molecule has 2 aromatic rings. The summed E-state index contributed by atoms with van der Waals surface area (Å²) in [5.74, 6) is -1.27. The van der Waals surface area contributed by atoms with E-state index >= 15 is 0 Å². The summed E-state index contributed by atoms with van der Waals surface area (Å²) in [7, 11) is -3.83. The number of carbonyl (C=O) groups excluding carboxylic acids is 2. The first kappa shape index (κ1) is 23.3. The Balaban J connectivity index is 1.67. The summed E-state index contributed by atoms with van der Waals surface area (Å²) in [6.45, 7) is 3.01. The van der Waals surface area contributed by atoms with E-state index in [9.17, 15) is 22.4 Å². The molecule has 0 saturated carbocycles. The Labute approximate surface area is 184 Å². The van der Waals surface area contributed by atoms with Crippen LogP contribution < -0.4 is 5.32 Å². The summed E-state index contributed by atoms with van der Waals surface area (Å²) in [4.78, 5) is 26.7. The minimum atomic E-state index is -3.83. The Morgan fingerprint density at radius 1 is 1.19 bits per heavy atom. The van der Waals surface area contributed by atoms with Crippen molar-refractivity contribution in [1.29, 1.82) is 0 Å². The molecule has 0 atom stereocenters. The topological polar surface area (TPSA) is 96.0 Å². The van der Waals surface area contributed by atoms with Crippen molar-refractivity contribution in [3.63, 3.8) is 0 Å². The fourth-order valence-corrected chi connectivity index (χ4v) is 5.86. The number of hydrogen-bond acceptors (Lipinski definition) is 6. The number of sulfonamides is 1. The van der Waals surface area contributed by atoms with Crippen LogP contribution in [0.4, 0.5) is 4.39 Å². The van der Waals surface area contributed by atoms with E-state index in [4.69, 9.17) is 4.74 Å². The first-order chi connectivity index (χ1) is 14.8. The van der Waals surface area contributed by atoms with Crippen molar-refractivity contribution in [2.75, 3.05) is 39.4 Å². The summed E-state index contributed by atoms with van der Waals surface area (Å²) in [5, 5.41) is 4.25. The van der Waals surface area contributed by atoms with E-state index in [1.54, 1.807) is 24.4 Å². The van der Waals surface area contributed by atoms with E-state index in [1.807, 2.05) is 0 Å². The third-order valence-corrected chi connectivity index (χ3v) is 7.79. The summed E-state index contributed by atoms with van der Waals surface area (Å²) in [6.07, 6.45) is 0. The van der Waals surface area contributed by atoms with Crippen molar-refractivity contribution in [2.45, 2.75) is 18.4 Å². The van der Waals surface area contributed by atoms with Gasteiger partial charge < -0.3 is 15.0 Å². The van der Waals surface area contributed by atoms with Gasteiger partial charge in [0, 0.05) is 26.2 Å². The molecule has 1 saturated heterocycles. The number of benzene rings is 1. The molecular weight excluding hydrogens is 445 g/mol. The number of ether oxygens (including phenoxy) is 1. The zero-order chi connectivity index (χ0) is 22.4. The highest BCUT2D eigenvalue weighted by atomic mass is 32.2. The van der Waals surface area contributed by atoms with E-state index in [0.29, 0.717) is 13.2 Å². The van der Waals surface area contributed by atoms with Gasteiger partial charge in [-0.05, 0) is 36.1 Å². The molecule has 1 aliphatic heterocycles. The maximum absolute atomic E-state index is 13.0. The normalized spacial score (nSPS) is 14.9. The number of likely N-dealkylation sites (N-methyl/N-ethyl adjacent to an activating group) is 1. The number of hydrogen-bond donors (Lipinski definition) is 1. The average Bonchev–Trinajstić information content (AvgIpc) is 3.28. The maximum atomic E-state index is 13.0. The average molecular weight is 470 g/mol. The van der Waals surface area contributed by atoms with Crippen LogP contribution in [0.1, 0.15) is 22.2 Å². The van der Waals surface area contributed by atoms with Gasteiger partial charge in [0.1, 0.15) is 15.6 Å². The largest absolute Gasteiger partial charge is 0.379 e. The van der Waals surface area contributed by atoms with Gasteiger partial charge in [-0.1, -0.05) is 12.1 Å². The van der Waals surface area contributed by atoms with Crippen LogP contribution in [0.5, 0.6) is 0 Å². The molecule has 168 valence electrons. The first-order valence-corrected chi connectivity index (χ1v) is 12.1. The number of carbonyl (C=O) groups is 2. The fourth-order valence-electron chi connectivity index (χ4n) is 3.09. The number of amides is 2. The predicted molar refractivity (Wildman–Crippen MR) is 114 cm³/mol. The van der Waals surface area contributed by atoms with Crippen LogP contribution in [-0.4, -0.2) is 68.8 Å². The smallest absolute Gasteiger partial charge is 0.265 e. The summed E-state index contributed by atoms with van der Waals surface area (Å²) in [6, 6.07) is 7.15. The van der Waals surface area contributed by atoms with Gasteiger partial charge in [-0.15, -0.1) is 11.3 Å². The molecule has 2 amide bonds. The number of thiophene rings is 1.